The largest absolute Gasteiger partial charge is 0.480 e. The predicted octanol–water partition coefficient (Wildman–Crippen LogP) is 1.97. The third-order valence-electron chi connectivity index (χ3n) is 8.27. The van der Waals surface area contributed by atoms with E-state index in [0.29, 0.717) is 58.2 Å². The molecule has 2 saturated heterocycles. The number of carboxylic acids is 1. The summed E-state index contributed by atoms with van der Waals surface area (Å²) < 4.78 is 0. The lowest BCUT2D eigenvalue weighted by Gasteiger charge is -2.40. The maximum absolute atomic E-state index is 14.1. The number of carboxylic acid groups (broad SMARTS) is 1. The summed E-state index contributed by atoms with van der Waals surface area (Å²) in [5, 5.41) is 9.58. The van der Waals surface area contributed by atoms with Gasteiger partial charge in [-0.15, -0.1) is 0 Å². The summed E-state index contributed by atoms with van der Waals surface area (Å²) in [5.74, 6) is -1.75. The second-order valence-corrected chi connectivity index (χ2v) is 10.9. The molecule has 3 amide bonds. The van der Waals surface area contributed by atoms with Crippen LogP contribution in [-0.2, 0) is 38.6 Å². The monoisotopic (exact) mass is 532 g/mol. The van der Waals surface area contributed by atoms with Crippen LogP contribution < -0.4 is 5.73 Å². The number of likely N-dealkylation sites (tertiary alicyclic amines) is 2. The Balaban J connectivity index is 1.35. The summed E-state index contributed by atoms with van der Waals surface area (Å²) in [4.78, 5) is 57.5. The Morgan fingerprint density at radius 1 is 0.795 bits per heavy atom. The SMILES string of the molecule is N[C@H](CC(=O)N1Cc2ccccc2C[C@H]1C(=O)N1CCC[C@H]1C(=O)N1CCC[C@H]1C(=O)O)Cc1ccccc1. The molecule has 0 spiro atoms. The van der Waals surface area contributed by atoms with Crippen molar-refractivity contribution in [3.05, 3.63) is 71.3 Å². The lowest BCUT2D eigenvalue weighted by molar-refractivity contribution is -0.154. The van der Waals surface area contributed by atoms with Gasteiger partial charge < -0.3 is 25.5 Å². The van der Waals surface area contributed by atoms with Crippen molar-refractivity contribution >= 4 is 23.7 Å². The van der Waals surface area contributed by atoms with Crippen LogP contribution in [0, 0.1) is 0 Å². The molecule has 0 radical (unpaired) electrons. The van der Waals surface area contributed by atoms with Gasteiger partial charge in [0, 0.05) is 38.5 Å². The molecule has 39 heavy (non-hydrogen) atoms. The van der Waals surface area contributed by atoms with Crippen molar-refractivity contribution in [2.24, 2.45) is 5.73 Å². The predicted molar refractivity (Wildman–Crippen MR) is 144 cm³/mol. The second-order valence-electron chi connectivity index (χ2n) is 10.9. The highest BCUT2D eigenvalue weighted by atomic mass is 16.4. The summed E-state index contributed by atoms with van der Waals surface area (Å²) in [5.41, 5.74) is 9.45. The molecule has 9 nitrogen and oxygen atoms in total. The van der Waals surface area contributed by atoms with Gasteiger partial charge in [0.1, 0.15) is 18.1 Å². The number of nitrogens with zero attached hydrogens (tertiary/aromatic N) is 3. The topological polar surface area (TPSA) is 124 Å². The Labute approximate surface area is 228 Å². The van der Waals surface area contributed by atoms with Crippen LogP contribution in [0.15, 0.2) is 54.6 Å². The molecule has 2 aromatic rings. The molecule has 3 aliphatic heterocycles. The normalized spacial score (nSPS) is 23.4. The van der Waals surface area contributed by atoms with Crippen LogP contribution in [0.3, 0.4) is 0 Å². The zero-order valence-corrected chi connectivity index (χ0v) is 22.1. The van der Waals surface area contributed by atoms with Gasteiger partial charge in [-0.25, -0.2) is 4.79 Å². The molecular formula is C30H36N4O5. The first-order chi connectivity index (χ1) is 18.8. The molecule has 2 aromatic carbocycles. The van der Waals surface area contributed by atoms with Crippen molar-refractivity contribution in [2.75, 3.05) is 13.1 Å². The number of nitrogens with two attached hydrogens (primary N) is 1. The Morgan fingerprint density at radius 2 is 1.38 bits per heavy atom. The minimum absolute atomic E-state index is 0.108. The average molecular weight is 533 g/mol. The highest BCUT2D eigenvalue weighted by Gasteiger charge is 2.45. The maximum Gasteiger partial charge on any atom is 0.326 e. The third-order valence-corrected chi connectivity index (χ3v) is 8.27. The standard InChI is InChI=1S/C30H36N4O5/c31-23(16-20-8-2-1-3-9-20)18-27(35)34-19-22-11-5-4-10-21(22)17-26(34)29(37)32-14-6-12-24(32)28(36)33-15-7-13-25(33)30(38)39/h1-5,8-11,23-26H,6-7,12-19,31H2,(H,38,39)/t23-,24-,25-,26-/m0/s1. The highest BCUT2D eigenvalue weighted by Crippen LogP contribution is 2.30. The first-order valence-corrected chi connectivity index (χ1v) is 13.8. The van der Waals surface area contributed by atoms with Gasteiger partial charge >= 0.3 is 5.97 Å². The third kappa shape index (κ3) is 5.68. The number of carbonyl (C=O) groups is 4. The summed E-state index contributed by atoms with van der Waals surface area (Å²) in [6.07, 6.45) is 3.24. The molecular weight excluding hydrogens is 496 g/mol. The Hall–Kier alpha value is -3.72. The summed E-state index contributed by atoms with van der Waals surface area (Å²) in [7, 11) is 0. The molecule has 5 rings (SSSR count). The van der Waals surface area contributed by atoms with Crippen molar-refractivity contribution in [1.29, 1.82) is 0 Å². The molecule has 2 fully saturated rings. The van der Waals surface area contributed by atoms with Crippen LogP contribution in [0.4, 0.5) is 0 Å². The van der Waals surface area contributed by atoms with Crippen LogP contribution >= 0.6 is 0 Å². The van der Waals surface area contributed by atoms with Crippen molar-refractivity contribution in [1.82, 2.24) is 14.7 Å². The summed E-state index contributed by atoms with van der Waals surface area (Å²) in [6, 6.07) is 14.9. The van der Waals surface area contributed by atoms with E-state index in [1.165, 1.54) is 4.90 Å². The van der Waals surface area contributed by atoms with Crippen LogP contribution in [0.25, 0.3) is 0 Å². The molecule has 0 unspecified atom stereocenters. The Bertz CT molecular complexity index is 1230. The van der Waals surface area contributed by atoms with E-state index >= 15 is 0 Å². The highest BCUT2D eigenvalue weighted by molar-refractivity contribution is 5.94. The summed E-state index contributed by atoms with van der Waals surface area (Å²) >= 11 is 0. The fourth-order valence-corrected chi connectivity index (χ4v) is 6.29. The minimum atomic E-state index is -1.01. The van der Waals surface area contributed by atoms with Crippen molar-refractivity contribution in [2.45, 2.75) is 75.7 Å². The van der Waals surface area contributed by atoms with Crippen molar-refractivity contribution in [3.8, 4) is 0 Å². The van der Waals surface area contributed by atoms with Gasteiger partial charge in [0.05, 0.1) is 0 Å². The zero-order chi connectivity index (χ0) is 27.5. The quantitative estimate of drug-likeness (QED) is 0.562. The number of aliphatic carboxylic acids is 1. The zero-order valence-electron chi connectivity index (χ0n) is 22.1. The van der Waals surface area contributed by atoms with E-state index in [2.05, 4.69) is 0 Å². The Morgan fingerprint density at radius 3 is 2.08 bits per heavy atom. The number of benzene rings is 2. The average Bonchev–Trinajstić information content (AvgIpc) is 3.62. The van der Waals surface area contributed by atoms with Crippen molar-refractivity contribution < 1.29 is 24.3 Å². The lowest BCUT2D eigenvalue weighted by Crippen LogP contribution is -2.58. The van der Waals surface area contributed by atoms with E-state index in [1.807, 2.05) is 54.6 Å². The number of fused-ring (bicyclic) bond motifs is 1. The molecule has 3 aliphatic rings. The van der Waals surface area contributed by atoms with Gasteiger partial charge in [-0.2, -0.15) is 0 Å². The number of amides is 3. The van der Waals surface area contributed by atoms with E-state index in [1.54, 1.807) is 9.80 Å². The van der Waals surface area contributed by atoms with Crippen LogP contribution in [0.1, 0.15) is 48.8 Å². The molecule has 4 atom stereocenters. The number of hydrogen-bond donors (Lipinski definition) is 2. The maximum atomic E-state index is 14.1. The van der Waals surface area contributed by atoms with E-state index in [9.17, 15) is 24.3 Å². The van der Waals surface area contributed by atoms with E-state index < -0.39 is 30.1 Å². The van der Waals surface area contributed by atoms with Crippen LogP contribution in [0.5, 0.6) is 0 Å². The van der Waals surface area contributed by atoms with Crippen LogP contribution in [-0.4, -0.2) is 80.8 Å². The molecule has 206 valence electrons. The van der Waals surface area contributed by atoms with Gasteiger partial charge in [0.2, 0.25) is 17.7 Å². The first-order valence-electron chi connectivity index (χ1n) is 13.8. The van der Waals surface area contributed by atoms with Crippen molar-refractivity contribution in [3.63, 3.8) is 0 Å². The van der Waals surface area contributed by atoms with Gasteiger partial charge in [-0.3, -0.25) is 14.4 Å². The molecule has 9 heteroatoms. The van der Waals surface area contributed by atoms with Gasteiger partial charge in [-0.1, -0.05) is 54.6 Å². The van der Waals surface area contributed by atoms with Gasteiger partial charge in [0.25, 0.3) is 0 Å². The fraction of sp³-hybridized carbons (Fsp3) is 0.467. The molecule has 0 aromatic heterocycles. The molecule has 0 bridgehead atoms. The molecule has 3 heterocycles. The first kappa shape index (κ1) is 26.9. The van der Waals surface area contributed by atoms with Gasteiger partial charge in [0.15, 0.2) is 0 Å². The molecule has 3 N–H and O–H groups in total. The number of rotatable bonds is 7. The number of carbonyl (C=O) groups excluding carboxylic acids is 3. The minimum Gasteiger partial charge on any atom is -0.480 e. The fourth-order valence-electron chi connectivity index (χ4n) is 6.29. The molecule has 0 aliphatic carbocycles. The van der Waals surface area contributed by atoms with Gasteiger partial charge in [-0.05, 0) is 48.8 Å². The second kappa shape index (κ2) is 11.6. The number of hydrogen-bond acceptors (Lipinski definition) is 5. The molecule has 0 saturated carbocycles. The van der Waals surface area contributed by atoms with E-state index in [0.717, 1.165) is 16.7 Å². The van der Waals surface area contributed by atoms with E-state index in [-0.39, 0.29) is 24.1 Å². The smallest absolute Gasteiger partial charge is 0.326 e. The van der Waals surface area contributed by atoms with E-state index in [4.69, 9.17) is 5.73 Å². The Kier molecular flexibility index (Phi) is 7.97. The summed E-state index contributed by atoms with van der Waals surface area (Å²) in [6.45, 7) is 1.10. The lowest BCUT2D eigenvalue weighted by atomic mass is 9.92. The van der Waals surface area contributed by atoms with Crippen LogP contribution in [0.2, 0.25) is 0 Å².